The fourth-order valence-corrected chi connectivity index (χ4v) is 5.04. The zero-order valence-electron chi connectivity index (χ0n) is 15.3. The Labute approximate surface area is 167 Å². The number of rotatable bonds is 7. The largest absolute Gasteiger partial charge is 0.494 e. The lowest BCUT2D eigenvalue weighted by atomic mass is 10.2. The van der Waals surface area contributed by atoms with Crippen LogP contribution in [0, 0.1) is 6.92 Å². The summed E-state index contributed by atoms with van der Waals surface area (Å²) in [5.74, 6) is -0.480. The number of thiophene rings is 1. The van der Waals surface area contributed by atoms with Gasteiger partial charge in [-0.25, -0.2) is 13.2 Å². The Morgan fingerprint density at radius 3 is 2.43 bits per heavy atom. The zero-order valence-corrected chi connectivity index (χ0v) is 16.9. The lowest BCUT2D eigenvalue weighted by molar-refractivity contribution is 0.0703. The van der Waals surface area contributed by atoms with Crippen molar-refractivity contribution in [3.05, 3.63) is 65.0 Å². The molecule has 1 heterocycles. The van der Waals surface area contributed by atoms with Crippen LogP contribution < -0.4 is 9.46 Å². The maximum Gasteiger partial charge on any atom is 0.348 e. The van der Waals surface area contributed by atoms with Gasteiger partial charge in [-0.2, -0.15) is 0 Å². The van der Waals surface area contributed by atoms with Gasteiger partial charge >= 0.3 is 5.97 Å². The first-order chi connectivity index (χ1) is 13.3. The topological polar surface area (TPSA) is 92.7 Å². The summed E-state index contributed by atoms with van der Waals surface area (Å²) in [6.07, 6.45) is 0. The lowest BCUT2D eigenvalue weighted by Crippen LogP contribution is -2.15. The number of sulfonamides is 1. The SMILES string of the molecule is CCOc1ccc(-c2cc(NS(=O)(=O)c3ccccc3C)c(C(=O)O)s2)cc1. The van der Waals surface area contributed by atoms with Crippen LogP contribution in [0.15, 0.2) is 59.5 Å². The van der Waals surface area contributed by atoms with Crippen molar-refractivity contribution in [3.8, 4) is 16.2 Å². The summed E-state index contributed by atoms with van der Waals surface area (Å²) in [7, 11) is -3.91. The maximum absolute atomic E-state index is 12.7. The molecular formula is C20H19NO5S2. The number of hydrogen-bond acceptors (Lipinski definition) is 5. The molecule has 1 aromatic heterocycles. The quantitative estimate of drug-likeness (QED) is 0.585. The van der Waals surface area contributed by atoms with Gasteiger partial charge in [0.2, 0.25) is 0 Å². The van der Waals surface area contributed by atoms with Gasteiger partial charge in [0.05, 0.1) is 17.2 Å². The van der Waals surface area contributed by atoms with Crippen LogP contribution in [0.2, 0.25) is 0 Å². The van der Waals surface area contributed by atoms with Crippen LogP contribution in [0.4, 0.5) is 5.69 Å². The second-order valence-corrected chi connectivity index (χ2v) is 8.69. The van der Waals surface area contributed by atoms with Crippen LogP contribution in [0.1, 0.15) is 22.2 Å². The van der Waals surface area contributed by atoms with Crippen molar-refractivity contribution in [2.75, 3.05) is 11.3 Å². The van der Waals surface area contributed by atoms with E-state index in [0.717, 1.165) is 16.9 Å². The zero-order chi connectivity index (χ0) is 20.3. The van der Waals surface area contributed by atoms with Gasteiger partial charge in [-0.05, 0) is 61.4 Å². The number of ether oxygens (including phenoxy) is 1. The molecule has 0 bridgehead atoms. The molecule has 2 N–H and O–H groups in total. The number of carboxylic acid groups (broad SMARTS) is 1. The number of anilines is 1. The third-order valence-corrected chi connectivity index (χ3v) is 6.70. The van der Waals surface area contributed by atoms with Gasteiger partial charge in [0.25, 0.3) is 10.0 Å². The minimum atomic E-state index is -3.91. The normalized spacial score (nSPS) is 11.2. The molecule has 0 radical (unpaired) electrons. The van der Waals surface area contributed by atoms with Crippen LogP contribution in [0.3, 0.4) is 0 Å². The van der Waals surface area contributed by atoms with E-state index in [1.54, 1.807) is 43.3 Å². The van der Waals surface area contributed by atoms with E-state index in [1.807, 2.05) is 19.1 Å². The molecule has 0 aliphatic carbocycles. The predicted octanol–water partition coefficient (Wildman–Crippen LogP) is 4.62. The molecule has 0 saturated carbocycles. The highest BCUT2D eigenvalue weighted by molar-refractivity contribution is 7.92. The highest BCUT2D eigenvalue weighted by Crippen LogP contribution is 2.36. The highest BCUT2D eigenvalue weighted by Gasteiger charge is 2.23. The van der Waals surface area contributed by atoms with E-state index in [9.17, 15) is 18.3 Å². The van der Waals surface area contributed by atoms with E-state index in [1.165, 1.54) is 6.07 Å². The van der Waals surface area contributed by atoms with Crippen LogP contribution >= 0.6 is 11.3 Å². The first-order valence-electron chi connectivity index (χ1n) is 8.50. The predicted molar refractivity (Wildman–Crippen MR) is 110 cm³/mol. The first kappa shape index (κ1) is 19.9. The van der Waals surface area contributed by atoms with E-state index >= 15 is 0 Å². The molecule has 0 fully saturated rings. The second-order valence-electron chi connectivity index (χ2n) is 5.99. The number of nitrogens with one attached hydrogen (secondary N) is 1. The molecule has 0 unspecified atom stereocenters. The molecule has 28 heavy (non-hydrogen) atoms. The molecule has 8 heteroatoms. The molecule has 0 aliphatic rings. The maximum atomic E-state index is 12.7. The smallest absolute Gasteiger partial charge is 0.348 e. The van der Waals surface area contributed by atoms with Crippen molar-refractivity contribution in [1.29, 1.82) is 0 Å². The standard InChI is InChI=1S/C20H19NO5S2/c1-3-26-15-10-8-14(9-11-15)17-12-16(19(27-17)20(22)23)21-28(24,25)18-7-5-4-6-13(18)2/h4-12,21H,3H2,1-2H3,(H,22,23). The molecule has 0 amide bonds. The molecular weight excluding hydrogens is 398 g/mol. The summed E-state index contributed by atoms with van der Waals surface area (Å²) in [6.45, 7) is 4.12. The third-order valence-electron chi connectivity index (χ3n) is 4.00. The average molecular weight is 418 g/mol. The third kappa shape index (κ3) is 4.18. The van der Waals surface area contributed by atoms with E-state index < -0.39 is 16.0 Å². The summed E-state index contributed by atoms with van der Waals surface area (Å²) >= 11 is 1.01. The summed E-state index contributed by atoms with van der Waals surface area (Å²) < 4.78 is 33.3. The van der Waals surface area contributed by atoms with Crippen molar-refractivity contribution in [1.82, 2.24) is 0 Å². The number of aromatic carboxylic acids is 1. The molecule has 6 nitrogen and oxygen atoms in total. The lowest BCUT2D eigenvalue weighted by Gasteiger charge is -2.09. The molecule has 0 atom stereocenters. The molecule has 2 aromatic carbocycles. The minimum Gasteiger partial charge on any atom is -0.494 e. The average Bonchev–Trinajstić information content (AvgIpc) is 3.06. The van der Waals surface area contributed by atoms with E-state index in [-0.39, 0.29) is 15.5 Å². The highest BCUT2D eigenvalue weighted by atomic mass is 32.2. The Kier molecular flexibility index (Phi) is 5.71. The minimum absolute atomic E-state index is 0.0460. The van der Waals surface area contributed by atoms with Gasteiger partial charge in [0.15, 0.2) is 0 Å². The monoisotopic (exact) mass is 417 g/mol. The summed E-state index contributed by atoms with van der Waals surface area (Å²) in [5, 5.41) is 9.52. The molecule has 3 aromatic rings. The van der Waals surface area contributed by atoms with E-state index in [0.29, 0.717) is 22.8 Å². The molecule has 0 spiro atoms. The van der Waals surface area contributed by atoms with E-state index in [2.05, 4.69) is 4.72 Å². The Balaban J connectivity index is 1.97. The van der Waals surface area contributed by atoms with E-state index in [4.69, 9.17) is 4.74 Å². The molecule has 3 rings (SSSR count). The fraction of sp³-hybridized carbons (Fsp3) is 0.150. The van der Waals surface area contributed by atoms with Crippen molar-refractivity contribution in [2.24, 2.45) is 0 Å². The van der Waals surface area contributed by atoms with Crippen molar-refractivity contribution in [2.45, 2.75) is 18.7 Å². The molecule has 0 saturated heterocycles. The fourth-order valence-electron chi connectivity index (χ4n) is 2.71. The Hall–Kier alpha value is -2.84. The van der Waals surface area contributed by atoms with Crippen LogP contribution in [0.25, 0.3) is 10.4 Å². The van der Waals surface area contributed by atoms with Crippen LogP contribution in [-0.4, -0.2) is 26.1 Å². The van der Waals surface area contributed by atoms with Crippen LogP contribution in [0.5, 0.6) is 5.75 Å². The van der Waals surface area contributed by atoms with Gasteiger partial charge < -0.3 is 9.84 Å². The van der Waals surface area contributed by atoms with Crippen molar-refractivity contribution in [3.63, 3.8) is 0 Å². The van der Waals surface area contributed by atoms with Gasteiger partial charge in [-0.15, -0.1) is 11.3 Å². The Bertz CT molecular complexity index is 1100. The molecule has 146 valence electrons. The molecule has 0 aliphatic heterocycles. The summed E-state index contributed by atoms with van der Waals surface area (Å²) in [6, 6.07) is 15.3. The summed E-state index contributed by atoms with van der Waals surface area (Å²) in [5.41, 5.74) is 1.40. The van der Waals surface area contributed by atoms with Gasteiger partial charge in [-0.3, -0.25) is 4.72 Å². The van der Waals surface area contributed by atoms with Gasteiger partial charge in [-0.1, -0.05) is 18.2 Å². The Morgan fingerprint density at radius 2 is 1.82 bits per heavy atom. The van der Waals surface area contributed by atoms with Crippen molar-refractivity contribution >= 4 is 33.0 Å². The second kappa shape index (κ2) is 8.04. The first-order valence-corrected chi connectivity index (χ1v) is 10.8. The van der Waals surface area contributed by atoms with Gasteiger partial charge in [0, 0.05) is 4.88 Å². The number of benzene rings is 2. The van der Waals surface area contributed by atoms with Crippen LogP contribution in [-0.2, 0) is 10.0 Å². The number of aryl methyl sites for hydroxylation is 1. The summed E-state index contributed by atoms with van der Waals surface area (Å²) in [4.78, 5) is 12.3. The number of carboxylic acids is 1. The Morgan fingerprint density at radius 1 is 1.14 bits per heavy atom. The van der Waals surface area contributed by atoms with Gasteiger partial charge in [0.1, 0.15) is 10.6 Å². The van der Waals surface area contributed by atoms with Crippen molar-refractivity contribution < 1.29 is 23.1 Å². The number of hydrogen-bond donors (Lipinski definition) is 2. The number of carbonyl (C=O) groups is 1.